The molecule has 4 rings (SSSR count). The van der Waals surface area contributed by atoms with Crippen molar-refractivity contribution in [1.82, 2.24) is 4.90 Å². The maximum Gasteiger partial charge on any atom is 0.229 e. The van der Waals surface area contributed by atoms with Crippen LogP contribution in [0.15, 0.2) is 72.8 Å². The fourth-order valence-electron chi connectivity index (χ4n) is 4.38. The van der Waals surface area contributed by atoms with Crippen LogP contribution in [-0.2, 0) is 9.59 Å². The van der Waals surface area contributed by atoms with Crippen molar-refractivity contribution in [3.63, 3.8) is 0 Å². The van der Waals surface area contributed by atoms with Gasteiger partial charge in [0.15, 0.2) is 0 Å². The number of hydrogen-bond donors (Lipinski definition) is 1. The molecule has 0 aromatic heterocycles. The molecular weight excluding hydrogens is 424 g/mol. The van der Waals surface area contributed by atoms with Crippen molar-refractivity contribution in [1.29, 1.82) is 0 Å². The van der Waals surface area contributed by atoms with Gasteiger partial charge in [-0.25, -0.2) is 0 Å². The van der Waals surface area contributed by atoms with Gasteiger partial charge in [0.05, 0.1) is 12.0 Å². The lowest BCUT2D eigenvalue weighted by Crippen LogP contribution is -2.30. The van der Waals surface area contributed by atoms with Crippen molar-refractivity contribution in [3.8, 4) is 11.5 Å². The minimum Gasteiger partial charge on any atom is -0.457 e. The zero-order chi connectivity index (χ0) is 24.2. The summed E-state index contributed by atoms with van der Waals surface area (Å²) < 4.78 is 6.14. The first kappa shape index (κ1) is 23.6. The van der Waals surface area contributed by atoms with Crippen LogP contribution in [0.25, 0.3) is 0 Å². The molecule has 0 radical (unpaired) electrons. The van der Waals surface area contributed by atoms with E-state index in [1.165, 1.54) is 0 Å². The standard InChI is InChI=1S/C29H32N2O3/c1-19(2)26-15-10-20(3)16-27(26)34-25-13-11-24(12-14-25)30-29(33)23-17-28(32)31(18-23)21(4)22-8-6-5-7-9-22/h5-16,19,21,23H,17-18H2,1-4H3,(H,30,33)/t21-,23-/m1/s1. The number of carbonyl (C=O) groups is 2. The summed E-state index contributed by atoms with van der Waals surface area (Å²) in [7, 11) is 0. The normalized spacial score (nSPS) is 16.6. The number of benzene rings is 3. The molecule has 1 aliphatic rings. The van der Waals surface area contributed by atoms with Crippen molar-refractivity contribution < 1.29 is 14.3 Å². The van der Waals surface area contributed by atoms with Crippen molar-refractivity contribution in [3.05, 3.63) is 89.5 Å². The molecule has 0 unspecified atom stereocenters. The summed E-state index contributed by atoms with van der Waals surface area (Å²) >= 11 is 0. The van der Waals surface area contributed by atoms with Gasteiger partial charge in [0.25, 0.3) is 0 Å². The number of anilines is 1. The van der Waals surface area contributed by atoms with Crippen molar-refractivity contribution in [2.45, 2.75) is 46.1 Å². The zero-order valence-electron chi connectivity index (χ0n) is 20.2. The van der Waals surface area contributed by atoms with Crippen LogP contribution >= 0.6 is 0 Å². The van der Waals surface area contributed by atoms with E-state index >= 15 is 0 Å². The zero-order valence-corrected chi connectivity index (χ0v) is 20.2. The second-order valence-electron chi connectivity index (χ2n) is 9.35. The summed E-state index contributed by atoms with van der Waals surface area (Å²) in [6.07, 6.45) is 0.232. The van der Waals surface area contributed by atoms with E-state index in [9.17, 15) is 9.59 Å². The van der Waals surface area contributed by atoms with E-state index in [0.29, 0.717) is 23.9 Å². The van der Waals surface area contributed by atoms with Crippen molar-refractivity contribution in [2.75, 3.05) is 11.9 Å². The summed E-state index contributed by atoms with van der Waals surface area (Å²) in [5.41, 5.74) is 4.06. The molecule has 1 fully saturated rings. The SMILES string of the molecule is Cc1ccc(C(C)C)c(Oc2ccc(NC(=O)[C@@H]3CC(=O)N([C@H](C)c4ccccc4)C3)cc2)c1. The largest absolute Gasteiger partial charge is 0.457 e. The van der Waals surface area contributed by atoms with Gasteiger partial charge < -0.3 is 15.0 Å². The molecule has 0 bridgehead atoms. The summed E-state index contributed by atoms with van der Waals surface area (Å²) in [4.78, 5) is 27.3. The van der Waals surface area contributed by atoms with Gasteiger partial charge in [0.2, 0.25) is 11.8 Å². The molecule has 0 spiro atoms. The first-order valence-electron chi connectivity index (χ1n) is 11.9. The monoisotopic (exact) mass is 456 g/mol. The van der Waals surface area contributed by atoms with E-state index in [0.717, 1.165) is 22.4 Å². The van der Waals surface area contributed by atoms with E-state index in [-0.39, 0.29) is 30.2 Å². The Morgan fingerprint density at radius 1 is 1.00 bits per heavy atom. The van der Waals surface area contributed by atoms with Crippen LogP contribution in [-0.4, -0.2) is 23.3 Å². The van der Waals surface area contributed by atoms with Crippen LogP contribution in [0, 0.1) is 12.8 Å². The minimum absolute atomic E-state index is 0.0133. The molecule has 2 amide bonds. The maximum absolute atomic E-state index is 12.9. The third kappa shape index (κ3) is 5.30. The highest BCUT2D eigenvalue weighted by atomic mass is 16.5. The number of aryl methyl sites for hydroxylation is 1. The van der Waals surface area contributed by atoms with Gasteiger partial charge in [-0.3, -0.25) is 9.59 Å². The predicted octanol–water partition coefficient (Wildman–Crippen LogP) is 6.46. The van der Waals surface area contributed by atoms with Crippen molar-refractivity contribution in [2.24, 2.45) is 5.92 Å². The first-order chi connectivity index (χ1) is 16.3. The molecule has 2 atom stereocenters. The molecule has 5 heteroatoms. The molecule has 1 aliphatic heterocycles. The highest BCUT2D eigenvalue weighted by Crippen LogP contribution is 2.32. The van der Waals surface area contributed by atoms with Crippen LogP contribution in [0.4, 0.5) is 5.69 Å². The molecule has 1 N–H and O–H groups in total. The smallest absolute Gasteiger partial charge is 0.229 e. The molecule has 1 saturated heterocycles. The highest BCUT2D eigenvalue weighted by molar-refractivity contribution is 5.97. The topological polar surface area (TPSA) is 58.6 Å². The van der Waals surface area contributed by atoms with Gasteiger partial charge in [-0.1, -0.05) is 56.3 Å². The number of amides is 2. The molecule has 176 valence electrons. The van der Waals surface area contributed by atoms with E-state index in [1.54, 1.807) is 4.90 Å². The van der Waals surface area contributed by atoms with Gasteiger partial charge in [0.1, 0.15) is 11.5 Å². The number of ether oxygens (including phenoxy) is 1. The Kier molecular flexibility index (Phi) is 7.01. The van der Waals surface area contributed by atoms with Crippen LogP contribution in [0.1, 0.15) is 55.8 Å². The first-order valence-corrected chi connectivity index (χ1v) is 11.9. The van der Waals surface area contributed by atoms with Gasteiger partial charge in [-0.15, -0.1) is 0 Å². The second-order valence-corrected chi connectivity index (χ2v) is 9.35. The number of nitrogens with one attached hydrogen (secondary N) is 1. The second kappa shape index (κ2) is 10.1. The number of nitrogens with zero attached hydrogens (tertiary/aromatic N) is 1. The summed E-state index contributed by atoms with van der Waals surface area (Å²) in [5, 5.41) is 2.96. The Morgan fingerprint density at radius 3 is 2.38 bits per heavy atom. The minimum atomic E-state index is -0.365. The molecule has 3 aromatic rings. The molecule has 34 heavy (non-hydrogen) atoms. The maximum atomic E-state index is 12.9. The number of likely N-dealkylation sites (tertiary alicyclic amines) is 1. The lowest BCUT2D eigenvalue weighted by molar-refractivity contribution is -0.129. The summed E-state index contributed by atoms with van der Waals surface area (Å²) in [6.45, 7) is 8.76. The Labute approximate surface area is 201 Å². The average molecular weight is 457 g/mol. The Morgan fingerprint density at radius 2 is 1.71 bits per heavy atom. The summed E-state index contributed by atoms with van der Waals surface area (Å²) in [5.74, 6) is 1.43. The Balaban J connectivity index is 1.38. The quantitative estimate of drug-likeness (QED) is 0.444. The fourth-order valence-corrected chi connectivity index (χ4v) is 4.38. The van der Waals surface area contributed by atoms with E-state index in [2.05, 4.69) is 31.3 Å². The number of rotatable bonds is 7. The van der Waals surface area contributed by atoms with Crippen LogP contribution in [0.2, 0.25) is 0 Å². The van der Waals surface area contributed by atoms with E-state index in [4.69, 9.17) is 4.74 Å². The third-order valence-electron chi connectivity index (χ3n) is 6.42. The highest BCUT2D eigenvalue weighted by Gasteiger charge is 2.37. The lowest BCUT2D eigenvalue weighted by Gasteiger charge is -2.25. The van der Waals surface area contributed by atoms with Crippen LogP contribution in [0.5, 0.6) is 11.5 Å². The Bertz CT molecular complexity index is 1160. The predicted molar refractivity (Wildman–Crippen MR) is 135 cm³/mol. The molecule has 3 aromatic carbocycles. The van der Waals surface area contributed by atoms with E-state index < -0.39 is 0 Å². The Hall–Kier alpha value is -3.60. The molecule has 0 saturated carbocycles. The van der Waals surface area contributed by atoms with Gasteiger partial charge in [-0.05, 0) is 66.8 Å². The fraction of sp³-hybridized carbons (Fsp3) is 0.310. The molecular formula is C29H32N2O3. The lowest BCUT2D eigenvalue weighted by atomic mass is 10.0. The van der Waals surface area contributed by atoms with Gasteiger partial charge in [0, 0.05) is 18.7 Å². The van der Waals surface area contributed by atoms with E-state index in [1.807, 2.05) is 74.5 Å². The van der Waals surface area contributed by atoms with Crippen molar-refractivity contribution >= 4 is 17.5 Å². The molecule has 1 heterocycles. The van der Waals surface area contributed by atoms with Crippen LogP contribution in [0.3, 0.4) is 0 Å². The average Bonchev–Trinajstić information content (AvgIpc) is 3.22. The molecule has 5 nitrogen and oxygen atoms in total. The van der Waals surface area contributed by atoms with Crippen LogP contribution < -0.4 is 10.1 Å². The molecule has 0 aliphatic carbocycles. The van der Waals surface area contributed by atoms with Gasteiger partial charge in [-0.2, -0.15) is 0 Å². The third-order valence-corrected chi connectivity index (χ3v) is 6.42. The van der Waals surface area contributed by atoms with Gasteiger partial charge >= 0.3 is 0 Å². The number of hydrogen-bond acceptors (Lipinski definition) is 3. The summed E-state index contributed by atoms with van der Waals surface area (Å²) in [6, 6.07) is 23.5. The number of carbonyl (C=O) groups excluding carboxylic acids is 2.